The molecule has 1 aliphatic heterocycles. The maximum atomic E-state index is 13.1. The van der Waals surface area contributed by atoms with Crippen molar-refractivity contribution in [2.24, 2.45) is 16.8 Å². The number of methoxy groups -OCH3 is 2. The number of carbonyl (C=O) groups is 2. The Kier molecular flexibility index (Phi) is 9.67. The molecule has 1 saturated carbocycles. The lowest BCUT2D eigenvalue weighted by molar-refractivity contribution is -0.150. The Bertz CT molecular complexity index is 912. The normalized spacial score (nSPS) is 26.1. The summed E-state index contributed by atoms with van der Waals surface area (Å²) in [4.78, 5) is 31.9. The molecule has 1 N–H and O–H groups in total. The number of rotatable bonds is 11. The Labute approximate surface area is 221 Å². The highest BCUT2D eigenvalue weighted by Crippen LogP contribution is 2.42. The fourth-order valence-electron chi connectivity index (χ4n) is 5.96. The average molecular weight is 520 g/mol. The Morgan fingerprint density at radius 3 is 2.39 bits per heavy atom. The fourth-order valence-corrected chi connectivity index (χ4v) is 6.08. The van der Waals surface area contributed by atoms with Gasteiger partial charge >= 0.3 is 11.9 Å². The van der Waals surface area contributed by atoms with Gasteiger partial charge in [0.2, 0.25) is 0 Å². The number of carbonyl (C=O) groups excluding carboxylic acids is 2. The molecule has 2 atom stereocenters. The summed E-state index contributed by atoms with van der Waals surface area (Å²) >= 11 is 6.05. The number of hydrogen-bond acceptors (Lipinski definition) is 7. The Morgan fingerprint density at radius 1 is 1.14 bits per heavy atom. The van der Waals surface area contributed by atoms with Crippen molar-refractivity contribution < 1.29 is 19.1 Å². The van der Waals surface area contributed by atoms with Crippen LogP contribution in [0.4, 0.5) is 5.69 Å². The summed E-state index contributed by atoms with van der Waals surface area (Å²) in [5.74, 6) is 0.326. The van der Waals surface area contributed by atoms with Crippen molar-refractivity contribution in [2.75, 3.05) is 26.1 Å². The summed E-state index contributed by atoms with van der Waals surface area (Å²) in [5, 5.41) is 4.44. The molecule has 0 spiro atoms. The first-order valence-corrected chi connectivity index (χ1v) is 13.5. The van der Waals surface area contributed by atoms with Crippen molar-refractivity contribution in [1.29, 1.82) is 0 Å². The number of halogens is 1. The number of benzene rings is 1. The zero-order chi connectivity index (χ0) is 26.3. The van der Waals surface area contributed by atoms with E-state index in [0.717, 1.165) is 55.8 Å². The van der Waals surface area contributed by atoms with Crippen LogP contribution >= 0.6 is 11.6 Å². The maximum Gasteiger partial charge on any atom is 0.335 e. The minimum Gasteiger partial charge on any atom is -0.469 e. The average Bonchev–Trinajstić information content (AvgIpc) is 3.21. The van der Waals surface area contributed by atoms with E-state index in [1.54, 1.807) is 6.34 Å². The van der Waals surface area contributed by atoms with Crippen LogP contribution in [-0.4, -0.2) is 61.1 Å². The fraction of sp³-hybridized carbons (Fsp3) is 0.679. The zero-order valence-electron chi connectivity index (χ0n) is 22.4. The largest absolute Gasteiger partial charge is 0.469 e. The number of nitrogens with zero attached hydrogens (tertiary/aromatic N) is 2. The molecule has 1 aromatic carbocycles. The van der Waals surface area contributed by atoms with Gasteiger partial charge in [0.25, 0.3) is 0 Å². The molecule has 0 saturated heterocycles. The monoisotopic (exact) mass is 519 g/mol. The molecule has 2 aliphatic rings. The first-order chi connectivity index (χ1) is 17.1. The summed E-state index contributed by atoms with van der Waals surface area (Å²) in [6, 6.07) is 7.76. The van der Waals surface area contributed by atoms with Crippen LogP contribution in [0.25, 0.3) is 0 Å². The van der Waals surface area contributed by atoms with Gasteiger partial charge in [-0.25, -0.2) is 4.79 Å². The quantitative estimate of drug-likeness (QED) is 0.377. The van der Waals surface area contributed by atoms with Crippen LogP contribution in [0.2, 0.25) is 5.02 Å². The molecule has 1 aromatic rings. The van der Waals surface area contributed by atoms with E-state index in [4.69, 9.17) is 26.1 Å². The number of hydrogen-bond donors (Lipinski definition) is 1. The Morgan fingerprint density at radius 2 is 1.81 bits per heavy atom. The summed E-state index contributed by atoms with van der Waals surface area (Å²) < 4.78 is 10.1. The van der Waals surface area contributed by atoms with Gasteiger partial charge in [-0.05, 0) is 82.1 Å². The minimum atomic E-state index is -1.07. The third-order valence-electron chi connectivity index (χ3n) is 8.08. The van der Waals surface area contributed by atoms with E-state index >= 15 is 0 Å². The predicted octanol–water partition coefficient (Wildman–Crippen LogP) is 5.71. The molecule has 0 radical (unpaired) electrons. The van der Waals surface area contributed by atoms with Crippen molar-refractivity contribution in [2.45, 2.75) is 89.3 Å². The smallest absolute Gasteiger partial charge is 0.335 e. The van der Waals surface area contributed by atoms with Crippen molar-refractivity contribution in [3.8, 4) is 0 Å². The predicted molar refractivity (Wildman–Crippen MR) is 144 cm³/mol. The van der Waals surface area contributed by atoms with E-state index in [2.05, 4.69) is 31.0 Å². The van der Waals surface area contributed by atoms with Crippen LogP contribution in [0.1, 0.15) is 72.1 Å². The number of esters is 2. The Hall–Kier alpha value is -2.28. The molecule has 7 nitrogen and oxygen atoms in total. The lowest BCUT2D eigenvalue weighted by Crippen LogP contribution is -2.53. The summed E-state index contributed by atoms with van der Waals surface area (Å²) in [5.41, 5.74) is -0.0252. The van der Waals surface area contributed by atoms with Gasteiger partial charge in [0.05, 0.1) is 26.6 Å². The molecule has 0 amide bonds. The van der Waals surface area contributed by atoms with Crippen molar-refractivity contribution in [3.63, 3.8) is 0 Å². The van der Waals surface area contributed by atoms with Gasteiger partial charge in [0.15, 0.2) is 5.54 Å². The number of anilines is 1. The van der Waals surface area contributed by atoms with E-state index in [1.165, 1.54) is 14.2 Å². The van der Waals surface area contributed by atoms with Gasteiger partial charge < -0.3 is 19.7 Å². The van der Waals surface area contributed by atoms with Gasteiger partial charge in [0.1, 0.15) is 0 Å². The highest BCUT2D eigenvalue weighted by Gasteiger charge is 2.52. The van der Waals surface area contributed by atoms with Crippen LogP contribution in [-0.2, 0) is 19.1 Å². The van der Waals surface area contributed by atoms with E-state index < -0.39 is 5.54 Å². The summed E-state index contributed by atoms with van der Waals surface area (Å²) in [6.07, 6.45) is 8.47. The van der Waals surface area contributed by atoms with Gasteiger partial charge in [-0.15, -0.1) is 0 Å². The molecule has 200 valence electrons. The van der Waals surface area contributed by atoms with Crippen LogP contribution in [0, 0.1) is 11.8 Å². The number of ether oxygens (including phenoxy) is 2. The molecule has 0 bridgehead atoms. The van der Waals surface area contributed by atoms with E-state index in [1.807, 2.05) is 24.3 Å². The first-order valence-electron chi connectivity index (χ1n) is 13.1. The van der Waals surface area contributed by atoms with Gasteiger partial charge in [-0.1, -0.05) is 31.4 Å². The SMILES string of the molecule is CCCN1C=NC(CCC(=O)OC)(C(=O)OC)C1CC1CCC(C(C)(C)Nc2ccc(Cl)cc2)CC1. The van der Waals surface area contributed by atoms with Crippen LogP contribution in [0.5, 0.6) is 0 Å². The Balaban J connectivity index is 1.68. The molecule has 1 fully saturated rings. The highest BCUT2D eigenvalue weighted by molar-refractivity contribution is 6.30. The number of nitrogens with one attached hydrogen (secondary N) is 1. The molecular formula is C28H42ClN3O4. The second kappa shape index (κ2) is 12.3. The summed E-state index contributed by atoms with van der Waals surface area (Å²) in [7, 11) is 2.77. The van der Waals surface area contributed by atoms with Crippen LogP contribution in [0.15, 0.2) is 29.3 Å². The second-order valence-corrected chi connectivity index (χ2v) is 11.2. The van der Waals surface area contributed by atoms with Crippen molar-refractivity contribution in [3.05, 3.63) is 29.3 Å². The summed E-state index contributed by atoms with van der Waals surface area (Å²) in [6.45, 7) is 7.49. The minimum absolute atomic E-state index is 0.0419. The molecule has 36 heavy (non-hydrogen) atoms. The van der Waals surface area contributed by atoms with Crippen molar-refractivity contribution >= 4 is 35.6 Å². The third-order valence-corrected chi connectivity index (χ3v) is 8.33. The molecule has 1 heterocycles. The maximum absolute atomic E-state index is 13.1. The van der Waals surface area contributed by atoms with E-state index in [-0.39, 0.29) is 29.9 Å². The zero-order valence-corrected chi connectivity index (χ0v) is 23.1. The van der Waals surface area contributed by atoms with Gasteiger partial charge in [0, 0.05) is 29.2 Å². The first kappa shape index (κ1) is 28.3. The molecule has 3 rings (SSSR count). The van der Waals surface area contributed by atoms with Crippen molar-refractivity contribution in [1.82, 2.24) is 4.90 Å². The molecule has 0 aromatic heterocycles. The lowest BCUT2D eigenvalue weighted by atomic mass is 9.70. The van der Waals surface area contributed by atoms with Crippen LogP contribution in [0.3, 0.4) is 0 Å². The lowest BCUT2D eigenvalue weighted by Gasteiger charge is -2.43. The van der Waals surface area contributed by atoms with Gasteiger partial charge in [-0.3, -0.25) is 9.79 Å². The third kappa shape index (κ3) is 6.53. The van der Waals surface area contributed by atoms with Gasteiger partial charge in [-0.2, -0.15) is 0 Å². The highest BCUT2D eigenvalue weighted by atomic mass is 35.5. The van der Waals surface area contributed by atoms with E-state index in [9.17, 15) is 9.59 Å². The second-order valence-electron chi connectivity index (χ2n) is 10.8. The molecular weight excluding hydrogens is 478 g/mol. The number of aliphatic imine (C=N–C) groups is 1. The van der Waals surface area contributed by atoms with E-state index in [0.29, 0.717) is 18.3 Å². The molecule has 2 unspecified atom stereocenters. The molecule has 8 heteroatoms. The standard InChI is InChI=1S/C28H42ClN3O4/c1-6-17-32-19-30-28(26(34)36-5,16-15-25(33)35-4)24(32)18-20-7-9-21(10-8-20)27(2,3)31-23-13-11-22(29)12-14-23/h11-14,19-21,24,31H,6-10,15-18H2,1-5H3. The topological polar surface area (TPSA) is 80.2 Å². The van der Waals surface area contributed by atoms with Crippen LogP contribution < -0.4 is 5.32 Å². The molecule has 1 aliphatic carbocycles.